The highest BCUT2D eigenvalue weighted by atomic mass is 28.4. The maximum absolute atomic E-state index is 14.1. The Kier molecular flexibility index (Phi) is 7.31. The lowest BCUT2D eigenvalue weighted by atomic mass is 9.58. The molecule has 0 spiro atoms. The lowest BCUT2D eigenvalue weighted by Gasteiger charge is -2.55. The third-order valence-corrected chi connectivity index (χ3v) is 16.3. The van der Waals surface area contributed by atoms with Crippen molar-refractivity contribution in [3.8, 4) is 5.75 Å². The number of allylic oxidation sites excluding steroid dienone is 1. The van der Waals surface area contributed by atoms with Gasteiger partial charge in [0, 0.05) is 22.8 Å². The van der Waals surface area contributed by atoms with Gasteiger partial charge in [0.15, 0.2) is 20.4 Å². The van der Waals surface area contributed by atoms with Crippen LogP contribution in [0.3, 0.4) is 0 Å². The molecule has 5 rings (SSSR count). The Morgan fingerprint density at radius 1 is 1.07 bits per heavy atom. The highest BCUT2D eigenvalue weighted by Gasteiger charge is 2.68. The van der Waals surface area contributed by atoms with E-state index in [1.807, 2.05) is 38.1 Å². The van der Waals surface area contributed by atoms with Crippen LogP contribution in [0.5, 0.6) is 5.75 Å². The SMILES string of the molecule is C=C1CC[C@H](O[Si](C)(C)C(C)(C)C)[C@]2(C)[C@@H]1CC(=O)[C@]1(O)CCC([C@H]3O[C@@H](c4ccc(OC)cc4)O[C@@H]32)C1(C)C. The van der Waals surface area contributed by atoms with Crippen LogP contribution in [-0.2, 0) is 18.7 Å². The van der Waals surface area contributed by atoms with E-state index < -0.39 is 31.0 Å². The van der Waals surface area contributed by atoms with Crippen molar-refractivity contribution < 1.29 is 28.5 Å². The second-order valence-electron chi connectivity index (χ2n) is 15.1. The summed E-state index contributed by atoms with van der Waals surface area (Å²) in [5.74, 6) is 0.489. The predicted octanol–water partition coefficient (Wildman–Crippen LogP) is 6.98. The smallest absolute Gasteiger partial charge is 0.192 e. The zero-order valence-corrected chi connectivity index (χ0v) is 27.0. The van der Waals surface area contributed by atoms with Crippen LogP contribution in [-0.4, -0.2) is 50.2 Å². The van der Waals surface area contributed by atoms with E-state index >= 15 is 0 Å². The first-order chi connectivity index (χ1) is 18.5. The zero-order valence-electron chi connectivity index (χ0n) is 26.0. The van der Waals surface area contributed by atoms with Gasteiger partial charge in [-0.2, -0.15) is 0 Å². The van der Waals surface area contributed by atoms with E-state index in [1.54, 1.807) is 7.11 Å². The maximum Gasteiger partial charge on any atom is 0.192 e. The molecule has 1 aromatic carbocycles. The maximum atomic E-state index is 14.1. The average molecular weight is 571 g/mol. The number of aliphatic hydroxyl groups is 1. The first-order valence-electron chi connectivity index (χ1n) is 15.0. The monoisotopic (exact) mass is 570 g/mol. The van der Waals surface area contributed by atoms with Crippen LogP contribution in [0.25, 0.3) is 0 Å². The van der Waals surface area contributed by atoms with Crippen LogP contribution < -0.4 is 4.74 Å². The van der Waals surface area contributed by atoms with Crippen molar-refractivity contribution in [3.05, 3.63) is 42.0 Å². The Hall–Kier alpha value is -1.51. The summed E-state index contributed by atoms with van der Waals surface area (Å²) in [4.78, 5) is 14.1. The fraction of sp³-hybridized carbons (Fsp3) is 0.727. The molecule has 8 atom stereocenters. The van der Waals surface area contributed by atoms with E-state index in [2.05, 4.69) is 47.4 Å². The fourth-order valence-electron chi connectivity index (χ4n) is 7.89. The highest BCUT2D eigenvalue weighted by Crippen LogP contribution is 2.63. The molecule has 7 heteroatoms. The van der Waals surface area contributed by atoms with E-state index in [4.69, 9.17) is 18.6 Å². The van der Waals surface area contributed by atoms with Crippen molar-refractivity contribution in [2.75, 3.05) is 7.11 Å². The van der Waals surface area contributed by atoms with Crippen LogP contribution in [0.15, 0.2) is 36.4 Å². The number of Topliss-reactive ketones (excluding diaryl/α,β-unsaturated/α-hetero) is 1. The lowest BCUT2D eigenvalue weighted by Crippen LogP contribution is -2.60. The van der Waals surface area contributed by atoms with Gasteiger partial charge in [-0.1, -0.05) is 65.8 Å². The molecule has 1 aromatic rings. The number of benzene rings is 1. The number of hydrogen-bond donors (Lipinski definition) is 1. The molecular formula is C33H50O6Si. The van der Waals surface area contributed by atoms with Gasteiger partial charge >= 0.3 is 0 Å². The van der Waals surface area contributed by atoms with Gasteiger partial charge in [-0.3, -0.25) is 4.79 Å². The minimum Gasteiger partial charge on any atom is -0.497 e. The first kappa shape index (κ1) is 30.0. The van der Waals surface area contributed by atoms with E-state index in [9.17, 15) is 9.90 Å². The molecule has 40 heavy (non-hydrogen) atoms. The third kappa shape index (κ3) is 4.37. The van der Waals surface area contributed by atoms with Gasteiger partial charge < -0.3 is 23.7 Å². The molecule has 4 fully saturated rings. The van der Waals surface area contributed by atoms with Crippen LogP contribution in [0.4, 0.5) is 0 Å². The molecule has 1 unspecified atom stereocenters. The summed E-state index contributed by atoms with van der Waals surface area (Å²) in [6, 6.07) is 7.86. The molecule has 0 radical (unpaired) electrons. The molecule has 222 valence electrons. The van der Waals surface area contributed by atoms with E-state index in [0.717, 1.165) is 29.7 Å². The molecule has 4 aliphatic rings. The summed E-state index contributed by atoms with van der Waals surface area (Å²) in [6.45, 7) is 22.2. The van der Waals surface area contributed by atoms with Gasteiger partial charge in [-0.05, 0) is 67.8 Å². The summed E-state index contributed by atoms with van der Waals surface area (Å²) >= 11 is 0. The molecule has 1 N–H and O–H groups in total. The Bertz CT molecular complexity index is 1150. The third-order valence-electron chi connectivity index (χ3n) is 11.8. The molecule has 0 aromatic heterocycles. The van der Waals surface area contributed by atoms with E-state index in [-0.39, 0.29) is 47.4 Å². The summed E-state index contributed by atoms with van der Waals surface area (Å²) in [5, 5.41) is 12.1. The molecule has 1 saturated heterocycles. The number of fused-ring (bicyclic) bond motifs is 6. The number of ether oxygens (including phenoxy) is 3. The summed E-state index contributed by atoms with van der Waals surface area (Å²) in [6.07, 6.45) is 1.76. The number of carbonyl (C=O) groups is 1. The van der Waals surface area contributed by atoms with Gasteiger partial charge in [0.05, 0.1) is 25.4 Å². The van der Waals surface area contributed by atoms with Crippen LogP contribution in [0.2, 0.25) is 18.1 Å². The molecule has 2 bridgehead atoms. The highest BCUT2D eigenvalue weighted by molar-refractivity contribution is 6.74. The second-order valence-corrected chi connectivity index (χ2v) is 19.9. The number of methoxy groups -OCH3 is 1. The molecule has 3 aliphatic carbocycles. The minimum absolute atomic E-state index is 0.0376. The quantitative estimate of drug-likeness (QED) is 0.311. The van der Waals surface area contributed by atoms with E-state index in [0.29, 0.717) is 12.8 Å². The van der Waals surface area contributed by atoms with Crippen molar-refractivity contribution >= 4 is 14.1 Å². The van der Waals surface area contributed by atoms with Crippen LogP contribution in [0, 0.1) is 22.7 Å². The molecule has 1 heterocycles. The Morgan fingerprint density at radius 2 is 1.73 bits per heavy atom. The largest absolute Gasteiger partial charge is 0.497 e. The fourth-order valence-corrected chi connectivity index (χ4v) is 9.33. The normalized spacial score (nSPS) is 39.6. The van der Waals surface area contributed by atoms with Gasteiger partial charge in [0.25, 0.3) is 0 Å². The predicted molar refractivity (Wildman–Crippen MR) is 159 cm³/mol. The van der Waals surface area contributed by atoms with Crippen molar-refractivity contribution in [3.63, 3.8) is 0 Å². The summed E-state index contributed by atoms with van der Waals surface area (Å²) < 4.78 is 26.5. The Balaban J connectivity index is 1.65. The second kappa shape index (κ2) is 9.77. The molecule has 3 saturated carbocycles. The number of hydrogen-bond acceptors (Lipinski definition) is 6. The number of rotatable bonds is 4. The molecule has 1 aliphatic heterocycles. The average Bonchev–Trinajstić information content (AvgIpc) is 3.42. The van der Waals surface area contributed by atoms with Crippen molar-refractivity contribution in [1.82, 2.24) is 0 Å². The molecule has 0 amide bonds. The first-order valence-corrected chi connectivity index (χ1v) is 17.9. The minimum atomic E-state index is -2.17. The van der Waals surface area contributed by atoms with Crippen molar-refractivity contribution in [2.24, 2.45) is 22.7 Å². The number of carbonyl (C=O) groups excluding carboxylic acids is 1. The number of ketones is 1. The van der Waals surface area contributed by atoms with Gasteiger partial charge in [0.1, 0.15) is 11.4 Å². The van der Waals surface area contributed by atoms with Gasteiger partial charge in [-0.25, -0.2) is 0 Å². The summed E-state index contributed by atoms with van der Waals surface area (Å²) in [7, 11) is -0.507. The topological polar surface area (TPSA) is 74.2 Å². The van der Waals surface area contributed by atoms with E-state index in [1.165, 1.54) is 0 Å². The van der Waals surface area contributed by atoms with Crippen molar-refractivity contribution in [1.29, 1.82) is 0 Å². The Labute approximate surface area is 241 Å². The van der Waals surface area contributed by atoms with Crippen LogP contribution >= 0.6 is 0 Å². The van der Waals surface area contributed by atoms with Crippen LogP contribution in [0.1, 0.15) is 85.5 Å². The summed E-state index contributed by atoms with van der Waals surface area (Å²) in [5.41, 5.74) is -0.623. The van der Waals surface area contributed by atoms with Gasteiger partial charge in [0.2, 0.25) is 0 Å². The zero-order chi connectivity index (χ0) is 29.5. The Morgan fingerprint density at radius 3 is 2.33 bits per heavy atom. The lowest BCUT2D eigenvalue weighted by molar-refractivity contribution is -0.156. The standard InChI is InChI=1S/C33H50O6Si/c1-20-11-16-26(39-40(9,10)30(2,3)4)32(7)24(20)19-25(34)33(35)18-17-23(31(33,5)6)27-28(32)38-29(37-27)21-12-14-22(36-8)15-13-21/h12-15,23-24,26-29,35H,1,11,16-19H2,2-10H3/t23?,24-,26+,27-,28+,29-,32+,33-/m1/s1. The van der Waals surface area contributed by atoms with Gasteiger partial charge in [-0.15, -0.1) is 0 Å². The van der Waals surface area contributed by atoms with Crippen molar-refractivity contribution in [2.45, 2.75) is 122 Å². The molecular weight excluding hydrogens is 520 g/mol. The molecule has 6 nitrogen and oxygen atoms in total.